The predicted octanol–water partition coefficient (Wildman–Crippen LogP) is 3.22. The Hall–Kier alpha value is -2.43. The third-order valence-electron chi connectivity index (χ3n) is 3.04. The molecule has 2 aromatic carbocycles. The lowest BCUT2D eigenvalue weighted by Gasteiger charge is -2.04. The van der Waals surface area contributed by atoms with Crippen LogP contribution >= 0.6 is 0 Å². The molecule has 0 saturated carbocycles. The van der Waals surface area contributed by atoms with Crippen LogP contribution in [0.2, 0.25) is 0 Å². The zero-order valence-electron chi connectivity index (χ0n) is 10.1. The molecule has 3 aromatic rings. The van der Waals surface area contributed by atoms with Crippen molar-refractivity contribution in [3.8, 4) is 17.1 Å². The lowest BCUT2D eigenvalue weighted by Crippen LogP contribution is -1.93. The molecule has 5 heteroatoms. The highest BCUT2D eigenvalue weighted by Gasteiger charge is 2.14. The first kappa shape index (κ1) is 11.6. The van der Waals surface area contributed by atoms with Crippen molar-refractivity contribution in [1.29, 1.82) is 0 Å². The van der Waals surface area contributed by atoms with E-state index in [9.17, 15) is 13.9 Å². The zero-order valence-corrected chi connectivity index (χ0v) is 10.1. The second-order valence-corrected chi connectivity index (χ2v) is 4.29. The molecule has 19 heavy (non-hydrogen) atoms. The Morgan fingerprint density at radius 2 is 1.74 bits per heavy atom. The molecule has 0 unspecified atom stereocenters. The summed E-state index contributed by atoms with van der Waals surface area (Å²) in [5, 5.41) is 9.78. The van der Waals surface area contributed by atoms with Crippen LogP contribution in [0.3, 0.4) is 0 Å². The Kier molecular flexibility index (Phi) is 2.48. The van der Waals surface area contributed by atoms with Gasteiger partial charge in [0.25, 0.3) is 0 Å². The summed E-state index contributed by atoms with van der Waals surface area (Å²) in [5.74, 6) is -0.636. The van der Waals surface area contributed by atoms with E-state index in [4.69, 9.17) is 0 Å². The molecule has 0 radical (unpaired) electrons. The predicted molar refractivity (Wildman–Crippen MR) is 67.7 cm³/mol. The minimum absolute atomic E-state index is 0.195. The quantitative estimate of drug-likeness (QED) is 0.729. The summed E-state index contributed by atoms with van der Waals surface area (Å²) < 4.78 is 27.9. The first-order chi connectivity index (χ1) is 9.06. The first-order valence-electron chi connectivity index (χ1n) is 5.67. The Balaban J connectivity index is 2.27. The maximum absolute atomic E-state index is 13.2. The van der Waals surface area contributed by atoms with Crippen LogP contribution in [0.5, 0.6) is 5.75 Å². The third-order valence-corrected chi connectivity index (χ3v) is 3.04. The summed E-state index contributed by atoms with van der Waals surface area (Å²) >= 11 is 0. The number of phenols is 1. The minimum atomic E-state index is -0.522. The Morgan fingerprint density at radius 3 is 2.47 bits per heavy atom. The molecule has 0 aliphatic carbocycles. The van der Waals surface area contributed by atoms with Crippen LogP contribution in [-0.2, 0) is 7.05 Å². The number of hydrogen-bond donors (Lipinski definition) is 1. The van der Waals surface area contributed by atoms with Gasteiger partial charge in [0.2, 0.25) is 0 Å². The molecule has 0 aliphatic heterocycles. The standard InChI is InChI=1S/C14H10F2N2O/c1-18-12-5-3-8(15)6-11(12)17-14(18)10-4-2-9(16)7-13(10)19/h2-7,19H,1H3. The molecule has 0 aliphatic rings. The molecular formula is C14H10F2N2O. The number of halogens is 2. The second-order valence-electron chi connectivity index (χ2n) is 4.29. The number of fused-ring (bicyclic) bond motifs is 1. The largest absolute Gasteiger partial charge is 0.507 e. The van der Waals surface area contributed by atoms with Crippen LogP contribution in [-0.4, -0.2) is 14.7 Å². The number of imidazole rings is 1. The van der Waals surface area contributed by atoms with Crippen molar-refractivity contribution < 1.29 is 13.9 Å². The van der Waals surface area contributed by atoms with Crippen molar-refractivity contribution in [2.45, 2.75) is 0 Å². The molecule has 0 atom stereocenters. The van der Waals surface area contributed by atoms with E-state index in [0.29, 0.717) is 16.9 Å². The number of aromatic hydroxyl groups is 1. The van der Waals surface area contributed by atoms with Crippen LogP contribution in [0.25, 0.3) is 22.4 Å². The molecule has 1 heterocycles. The van der Waals surface area contributed by atoms with Crippen molar-refractivity contribution >= 4 is 11.0 Å². The fourth-order valence-corrected chi connectivity index (χ4v) is 2.11. The number of benzene rings is 2. The fraction of sp³-hybridized carbons (Fsp3) is 0.0714. The molecule has 0 saturated heterocycles. The van der Waals surface area contributed by atoms with Crippen LogP contribution < -0.4 is 0 Å². The zero-order chi connectivity index (χ0) is 13.6. The minimum Gasteiger partial charge on any atom is -0.507 e. The number of aryl methyl sites for hydroxylation is 1. The van der Waals surface area contributed by atoms with Crippen molar-refractivity contribution in [3.63, 3.8) is 0 Å². The van der Waals surface area contributed by atoms with Gasteiger partial charge < -0.3 is 9.67 Å². The average Bonchev–Trinajstić information content (AvgIpc) is 2.66. The molecule has 0 fully saturated rings. The van der Waals surface area contributed by atoms with Crippen LogP contribution in [0.1, 0.15) is 0 Å². The summed E-state index contributed by atoms with van der Waals surface area (Å²) in [5.41, 5.74) is 1.63. The van der Waals surface area contributed by atoms with Gasteiger partial charge in [-0.2, -0.15) is 0 Å². The van der Waals surface area contributed by atoms with Crippen molar-refractivity contribution in [1.82, 2.24) is 9.55 Å². The summed E-state index contributed by atoms with van der Waals surface area (Å²) in [6, 6.07) is 7.99. The molecule has 1 aromatic heterocycles. The second kappa shape index (κ2) is 4.05. The smallest absolute Gasteiger partial charge is 0.144 e. The fourth-order valence-electron chi connectivity index (χ4n) is 2.11. The van der Waals surface area contributed by atoms with E-state index in [1.54, 1.807) is 17.7 Å². The van der Waals surface area contributed by atoms with E-state index in [0.717, 1.165) is 11.6 Å². The van der Waals surface area contributed by atoms with Gasteiger partial charge in [-0.15, -0.1) is 0 Å². The monoisotopic (exact) mass is 260 g/mol. The van der Waals surface area contributed by atoms with Crippen molar-refractivity contribution in [3.05, 3.63) is 48.0 Å². The number of nitrogens with zero attached hydrogens (tertiary/aromatic N) is 2. The summed E-state index contributed by atoms with van der Waals surface area (Å²) in [4.78, 5) is 4.27. The van der Waals surface area contributed by atoms with Crippen molar-refractivity contribution in [2.75, 3.05) is 0 Å². The summed E-state index contributed by atoms with van der Waals surface area (Å²) in [6.45, 7) is 0. The van der Waals surface area contributed by atoms with Crippen molar-refractivity contribution in [2.24, 2.45) is 7.05 Å². The number of rotatable bonds is 1. The molecule has 0 spiro atoms. The van der Waals surface area contributed by atoms with Gasteiger partial charge in [0, 0.05) is 19.2 Å². The van der Waals surface area contributed by atoms with E-state index in [1.165, 1.54) is 24.3 Å². The van der Waals surface area contributed by atoms with Gasteiger partial charge in [0.15, 0.2) is 0 Å². The van der Waals surface area contributed by atoms with Crippen LogP contribution in [0.4, 0.5) is 8.78 Å². The number of phenolic OH excluding ortho intramolecular Hbond substituents is 1. The molecule has 1 N–H and O–H groups in total. The first-order valence-corrected chi connectivity index (χ1v) is 5.67. The van der Waals surface area contributed by atoms with Gasteiger partial charge in [-0.1, -0.05) is 0 Å². The maximum Gasteiger partial charge on any atom is 0.144 e. The SMILES string of the molecule is Cn1c(-c2ccc(F)cc2O)nc2cc(F)ccc21. The molecule has 0 amide bonds. The molecular weight excluding hydrogens is 250 g/mol. The van der Waals surface area contributed by atoms with Gasteiger partial charge in [-0.3, -0.25) is 0 Å². The molecule has 96 valence electrons. The van der Waals surface area contributed by atoms with Gasteiger partial charge in [-0.05, 0) is 24.3 Å². The molecule has 3 nitrogen and oxygen atoms in total. The lowest BCUT2D eigenvalue weighted by molar-refractivity contribution is 0.470. The van der Waals surface area contributed by atoms with E-state index in [2.05, 4.69) is 4.98 Å². The van der Waals surface area contributed by atoms with Gasteiger partial charge in [0.05, 0.1) is 16.6 Å². The highest BCUT2D eigenvalue weighted by molar-refractivity contribution is 5.81. The number of aromatic nitrogens is 2. The number of hydrogen-bond acceptors (Lipinski definition) is 2. The Bertz CT molecular complexity index is 780. The third kappa shape index (κ3) is 1.83. The highest BCUT2D eigenvalue weighted by Crippen LogP contribution is 2.31. The lowest BCUT2D eigenvalue weighted by atomic mass is 10.2. The summed E-state index contributed by atoms with van der Waals surface area (Å²) in [6.07, 6.45) is 0. The average molecular weight is 260 g/mol. The van der Waals surface area contributed by atoms with Gasteiger partial charge in [0.1, 0.15) is 23.2 Å². The Labute approximate surface area is 107 Å². The van der Waals surface area contributed by atoms with Crippen LogP contribution in [0.15, 0.2) is 36.4 Å². The van der Waals surface area contributed by atoms with E-state index < -0.39 is 5.82 Å². The maximum atomic E-state index is 13.2. The van der Waals surface area contributed by atoms with E-state index in [1.807, 2.05) is 0 Å². The van der Waals surface area contributed by atoms with Gasteiger partial charge >= 0.3 is 0 Å². The van der Waals surface area contributed by atoms with E-state index in [-0.39, 0.29) is 11.6 Å². The van der Waals surface area contributed by atoms with E-state index >= 15 is 0 Å². The molecule has 3 rings (SSSR count). The molecule has 0 bridgehead atoms. The topological polar surface area (TPSA) is 38.0 Å². The Morgan fingerprint density at radius 1 is 1.05 bits per heavy atom. The highest BCUT2D eigenvalue weighted by atomic mass is 19.1. The van der Waals surface area contributed by atoms with Gasteiger partial charge in [-0.25, -0.2) is 13.8 Å². The van der Waals surface area contributed by atoms with Crippen LogP contribution in [0, 0.1) is 11.6 Å². The normalized spacial score (nSPS) is 11.1. The summed E-state index contributed by atoms with van der Waals surface area (Å²) in [7, 11) is 1.76.